The molecule has 1 aliphatic rings. The summed E-state index contributed by atoms with van der Waals surface area (Å²) in [5, 5.41) is 10.4. The van der Waals surface area contributed by atoms with Crippen molar-refractivity contribution in [3.8, 4) is 0 Å². The number of hydrogen-bond acceptors (Lipinski definition) is 5. The minimum Gasteiger partial charge on any atom is -0.337 e. The fourth-order valence-electron chi connectivity index (χ4n) is 4.02. The molecule has 3 heterocycles. The monoisotopic (exact) mass is 404 g/mol. The number of amides is 2. The number of aromatic nitrogens is 4. The van der Waals surface area contributed by atoms with Crippen LogP contribution in [0.25, 0.3) is 11.0 Å². The molecule has 0 saturated carbocycles. The molecule has 154 valence electrons. The van der Waals surface area contributed by atoms with Crippen molar-refractivity contribution < 1.29 is 9.59 Å². The van der Waals surface area contributed by atoms with Crippen molar-refractivity contribution in [2.24, 2.45) is 0 Å². The second-order valence-electron chi connectivity index (χ2n) is 7.47. The molecule has 4 rings (SSSR count). The number of carbonyl (C=O) groups is 2. The van der Waals surface area contributed by atoms with Crippen molar-refractivity contribution in [2.75, 3.05) is 18.4 Å². The molecule has 8 nitrogen and oxygen atoms in total. The van der Waals surface area contributed by atoms with Gasteiger partial charge >= 0.3 is 0 Å². The molecule has 8 heteroatoms. The second-order valence-corrected chi connectivity index (χ2v) is 7.47. The van der Waals surface area contributed by atoms with Crippen LogP contribution in [-0.2, 0) is 4.79 Å². The summed E-state index contributed by atoms with van der Waals surface area (Å²) in [5.74, 6) is 0.0993. The fraction of sp³-hybridized carbons (Fsp3) is 0.318. The number of imidazole rings is 1. The molecule has 0 aliphatic carbocycles. The van der Waals surface area contributed by atoms with Crippen LogP contribution < -0.4 is 5.32 Å². The zero-order chi connectivity index (χ0) is 21.1. The quantitative estimate of drug-likeness (QED) is 0.675. The largest absolute Gasteiger partial charge is 0.337 e. The van der Waals surface area contributed by atoms with Gasteiger partial charge in [0.05, 0.1) is 35.0 Å². The standard InChI is InChI=1S/C22H24N6O2/c1-3-19(29)27-12-5-4-8-17(14-27)28-20-15(2)7-6-9-18(20)25-22(28)26-21(30)16-10-11-23-24-13-16/h3,6-7,9-11,13,17H,1,4-5,8,12,14H2,2H3,(H,25,26,30)/t17-/m1/s1. The predicted octanol–water partition coefficient (Wildman–Crippen LogP) is 3.13. The predicted molar refractivity (Wildman–Crippen MR) is 114 cm³/mol. The van der Waals surface area contributed by atoms with Crippen molar-refractivity contribution >= 4 is 28.8 Å². The molecule has 1 aliphatic heterocycles. The van der Waals surface area contributed by atoms with Crippen LogP contribution >= 0.6 is 0 Å². The van der Waals surface area contributed by atoms with E-state index in [0.717, 1.165) is 35.9 Å². The van der Waals surface area contributed by atoms with Gasteiger partial charge in [-0.1, -0.05) is 18.7 Å². The van der Waals surface area contributed by atoms with Crippen molar-refractivity contribution in [3.05, 3.63) is 60.4 Å². The van der Waals surface area contributed by atoms with Gasteiger partial charge in [0.2, 0.25) is 11.9 Å². The number of nitrogens with zero attached hydrogens (tertiary/aromatic N) is 5. The molecule has 2 amide bonds. The van der Waals surface area contributed by atoms with E-state index in [2.05, 4.69) is 26.7 Å². The van der Waals surface area contributed by atoms with Crippen LogP contribution in [-0.4, -0.2) is 49.6 Å². The molecule has 1 saturated heterocycles. The summed E-state index contributed by atoms with van der Waals surface area (Å²) < 4.78 is 2.08. The molecule has 0 bridgehead atoms. The maximum absolute atomic E-state index is 12.8. The van der Waals surface area contributed by atoms with E-state index in [4.69, 9.17) is 4.98 Å². The molecule has 2 aromatic heterocycles. The first-order valence-corrected chi connectivity index (χ1v) is 10.1. The van der Waals surface area contributed by atoms with Crippen molar-refractivity contribution in [3.63, 3.8) is 0 Å². The summed E-state index contributed by atoms with van der Waals surface area (Å²) in [6.07, 6.45) is 7.07. The topological polar surface area (TPSA) is 93.0 Å². The van der Waals surface area contributed by atoms with E-state index in [1.807, 2.05) is 30.0 Å². The Bertz CT molecular complexity index is 1090. The average Bonchev–Trinajstić information content (AvgIpc) is 2.96. The number of aryl methyl sites for hydroxylation is 1. The summed E-state index contributed by atoms with van der Waals surface area (Å²) in [7, 11) is 0. The van der Waals surface area contributed by atoms with Crippen LogP contribution in [0.15, 0.2) is 49.3 Å². The van der Waals surface area contributed by atoms with Gasteiger partial charge in [-0.05, 0) is 50.0 Å². The van der Waals surface area contributed by atoms with Gasteiger partial charge in [-0.25, -0.2) is 4.98 Å². The Hall–Kier alpha value is -3.55. The number of anilines is 1. The van der Waals surface area contributed by atoms with Crippen LogP contribution in [0.2, 0.25) is 0 Å². The number of carbonyl (C=O) groups excluding carboxylic acids is 2. The Balaban J connectivity index is 1.77. The van der Waals surface area contributed by atoms with Gasteiger partial charge in [0, 0.05) is 13.1 Å². The third-order valence-electron chi connectivity index (χ3n) is 5.48. The zero-order valence-corrected chi connectivity index (χ0v) is 16.9. The summed E-state index contributed by atoms with van der Waals surface area (Å²) in [5.41, 5.74) is 3.25. The van der Waals surface area contributed by atoms with Gasteiger partial charge in [0.15, 0.2) is 0 Å². The molecule has 30 heavy (non-hydrogen) atoms. The van der Waals surface area contributed by atoms with E-state index in [1.165, 1.54) is 18.5 Å². The zero-order valence-electron chi connectivity index (χ0n) is 16.9. The normalized spacial score (nSPS) is 16.8. The van der Waals surface area contributed by atoms with Crippen LogP contribution in [0.4, 0.5) is 5.95 Å². The number of hydrogen-bond donors (Lipinski definition) is 1. The molecule has 0 unspecified atom stereocenters. The molecule has 0 radical (unpaired) electrons. The maximum Gasteiger partial charge on any atom is 0.259 e. The summed E-state index contributed by atoms with van der Waals surface area (Å²) in [6, 6.07) is 7.52. The number of likely N-dealkylation sites (tertiary alicyclic amines) is 1. The first-order valence-electron chi connectivity index (χ1n) is 10.1. The number of fused-ring (bicyclic) bond motifs is 1. The Morgan fingerprint density at radius 2 is 2.10 bits per heavy atom. The van der Waals surface area contributed by atoms with Gasteiger partial charge < -0.3 is 9.47 Å². The first kappa shape index (κ1) is 19.8. The van der Waals surface area contributed by atoms with Gasteiger partial charge in [-0.2, -0.15) is 10.2 Å². The van der Waals surface area contributed by atoms with Crippen LogP contribution in [0.5, 0.6) is 0 Å². The van der Waals surface area contributed by atoms with E-state index < -0.39 is 0 Å². The Kier molecular flexibility index (Phi) is 5.56. The van der Waals surface area contributed by atoms with Gasteiger partial charge in [-0.15, -0.1) is 0 Å². The molecular formula is C22H24N6O2. The van der Waals surface area contributed by atoms with Gasteiger partial charge in [0.25, 0.3) is 5.91 Å². The summed E-state index contributed by atoms with van der Waals surface area (Å²) >= 11 is 0. The van der Waals surface area contributed by atoms with E-state index >= 15 is 0 Å². The number of para-hydroxylation sites is 1. The lowest BCUT2D eigenvalue weighted by Gasteiger charge is -2.26. The highest BCUT2D eigenvalue weighted by Crippen LogP contribution is 2.32. The lowest BCUT2D eigenvalue weighted by atomic mass is 10.1. The molecule has 0 spiro atoms. The van der Waals surface area contributed by atoms with E-state index in [1.54, 1.807) is 6.07 Å². The summed E-state index contributed by atoms with van der Waals surface area (Å²) in [6.45, 7) is 6.91. The molecule has 1 N–H and O–H groups in total. The average molecular weight is 404 g/mol. The minimum atomic E-state index is -0.299. The first-order chi connectivity index (χ1) is 14.6. The van der Waals surface area contributed by atoms with E-state index in [0.29, 0.717) is 24.6 Å². The molecule has 1 fully saturated rings. The molecule has 3 aromatic rings. The lowest BCUT2D eigenvalue weighted by molar-refractivity contribution is -0.126. The third kappa shape index (κ3) is 3.80. The molecular weight excluding hydrogens is 380 g/mol. The smallest absolute Gasteiger partial charge is 0.259 e. The number of rotatable bonds is 4. The van der Waals surface area contributed by atoms with Gasteiger partial charge in [0.1, 0.15) is 0 Å². The Labute approximate surface area is 174 Å². The highest BCUT2D eigenvalue weighted by atomic mass is 16.2. The number of nitrogens with one attached hydrogen (secondary N) is 1. The maximum atomic E-state index is 12.8. The van der Waals surface area contributed by atoms with Gasteiger partial charge in [-0.3, -0.25) is 14.9 Å². The van der Waals surface area contributed by atoms with Crippen LogP contribution in [0.3, 0.4) is 0 Å². The van der Waals surface area contributed by atoms with E-state index in [9.17, 15) is 9.59 Å². The highest BCUT2D eigenvalue weighted by molar-refractivity contribution is 6.04. The SMILES string of the molecule is C=CC(=O)N1CCCC[C@@H](n2c(NC(=O)c3ccnnc3)nc3cccc(C)c32)C1. The molecule has 1 atom stereocenters. The van der Waals surface area contributed by atoms with Crippen molar-refractivity contribution in [1.82, 2.24) is 24.6 Å². The minimum absolute atomic E-state index is 0.00614. The number of benzene rings is 1. The van der Waals surface area contributed by atoms with Crippen LogP contribution in [0.1, 0.15) is 41.2 Å². The van der Waals surface area contributed by atoms with E-state index in [-0.39, 0.29) is 17.9 Å². The van der Waals surface area contributed by atoms with Crippen molar-refractivity contribution in [1.29, 1.82) is 0 Å². The lowest BCUT2D eigenvalue weighted by Crippen LogP contribution is -2.34. The Morgan fingerprint density at radius 1 is 1.23 bits per heavy atom. The fourth-order valence-corrected chi connectivity index (χ4v) is 4.02. The summed E-state index contributed by atoms with van der Waals surface area (Å²) in [4.78, 5) is 31.6. The molecule has 1 aromatic carbocycles. The Morgan fingerprint density at radius 3 is 2.87 bits per heavy atom. The third-order valence-corrected chi connectivity index (χ3v) is 5.48. The second kappa shape index (κ2) is 8.44. The highest BCUT2D eigenvalue weighted by Gasteiger charge is 2.27. The van der Waals surface area contributed by atoms with Crippen LogP contribution in [0, 0.1) is 6.92 Å². The van der Waals surface area contributed by atoms with Crippen molar-refractivity contribution in [2.45, 2.75) is 32.2 Å².